The van der Waals surface area contributed by atoms with Gasteiger partial charge in [-0.05, 0) is 28.0 Å². The van der Waals surface area contributed by atoms with Gasteiger partial charge in [0, 0.05) is 0 Å². The van der Waals surface area contributed by atoms with Gasteiger partial charge in [0.1, 0.15) is 4.60 Å². The lowest BCUT2D eigenvalue weighted by Crippen LogP contribution is -1.82. The monoisotopic (exact) mass is 211 g/mol. The van der Waals surface area contributed by atoms with Crippen molar-refractivity contribution in [3.63, 3.8) is 0 Å². The molecule has 0 spiro atoms. The third kappa shape index (κ3) is 1.63. The summed E-state index contributed by atoms with van der Waals surface area (Å²) in [6.07, 6.45) is 0. The van der Waals surface area contributed by atoms with Crippen LogP contribution in [0.5, 0.6) is 0 Å². The highest BCUT2D eigenvalue weighted by Crippen LogP contribution is 2.14. The predicted molar refractivity (Wildman–Crippen MR) is 36.9 cm³/mol. The quantitative estimate of drug-likeness (QED) is 0.603. The first-order chi connectivity index (χ1) is 5.04. The molecule has 9 heavy (non-hydrogen) atoms. The molecule has 0 aliphatic rings. The summed E-state index contributed by atoms with van der Waals surface area (Å²) >= 11 is 8.10. The molecule has 1 rings (SSSR count). The van der Waals surface area contributed by atoms with Crippen LogP contribution < -0.4 is 0 Å². The van der Waals surface area contributed by atoms with E-state index in [2.05, 4.69) is 20.9 Å². The molecule has 0 unspecified atom stereocenters. The van der Waals surface area contributed by atoms with Crippen LogP contribution in [-0.2, 0) is 0 Å². The van der Waals surface area contributed by atoms with Crippen molar-refractivity contribution in [3.8, 4) is 0 Å². The molecule has 0 saturated carbocycles. The minimum Gasteiger partial charge on any atom is -0.211 e. The summed E-state index contributed by atoms with van der Waals surface area (Å²) in [5.74, 6) is -0.931. The van der Waals surface area contributed by atoms with E-state index in [-0.39, 0.29) is 16.7 Å². The maximum absolute atomic E-state index is 12.5. The molecule has 1 aromatic rings. The van der Waals surface area contributed by atoms with Gasteiger partial charge in [0.05, 0.1) is 7.76 Å². The minimum atomic E-state index is -0.931. The maximum atomic E-state index is 12.5. The molecule has 48 valence electrons. The third-order valence-corrected chi connectivity index (χ3v) is 1.28. The van der Waals surface area contributed by atoms with Gasteiger partial charge in [-0.3, -0.25) is 0 Å². The lowest BCUT2D eigenvalue weighted by Gasteiger charge is -1.90. The van der Waals surface area contributed by atoms with Gasteiger partial charge in [0.2, 0.25) is 5.95 Å². The number of rotatable bonds is 0. The number of hydrogen-bond donors (Lipinski definition) is 0. The van der Waals surface area contributed by atoms with E-state index in [9.17, 15) is 4.39 Å². The van der Waals surface area contributed by atoms with Gasteiger partial charge in [-0.25, -0.2) is 4.98 Å². The van der Waals surface area contributed by atoms with Crippen LogP contribution in [0.1, 0.15) is 2.74 Å². The van der Waals surface area contributed by atoms with Crippen molar-refractivity contribution in [1.29, 1.82) is 0 Å². The Balaban J connectivity index is 3.46. The first-order valence-electron chi connectivity index (χ1n) is 3.01. The highest BCUT2D eigenvalue weighted by molar-refractivity contribution is 9.10. The smallest absolute Gasteiger partial charge is 0.211 e. The fourth-order valence-electron chi connectivity index (χ4n) is 0.321. The molecule has 0 aromatic carbocycles. The fraction of sp³-hybridized carbons (Fsp3) is 0. The molecule has 0 aliphatic heterocycles. The van der Waals surface area contributed by atoms with Crippen molar-refractivity contribution >= 4 is 27.5 Å². The normalized spacial score (nSPS) is 12.8. The predicted octanol–water partition coefficient (Wildman–Crippen LogP) is 2.64. The maximum Gasteiger partial charge on any atom is 0.232 e. The molecule has 0 fully saturated rings. The molecule has 0 aliphatic carbocycles. The molecule has 1 aromatic heterocycles. The molecule has 0 bridgehead atoms. The van der Waals surface area contributed by atoms with E-state index < -0.39 is 11.0 Å². The van der Waals surface area contributed by atoms with Crippen LogP contribution in [0.4, 0.5) is 4.39 Å². The standard InChI is InChI=1S/C5H2BrClFN/c6-4-2-1-3(7)5(8)9-4/h1-2H/i1D,2D. The Morgan fingerprint density at radius 3 is 3.11 bits per heavy atom. The third-order valence-electron chi connectivity index (χ3n) is 0.653. The van der Waals surface area contributed by atoms with E-state index in [1.165, 1.54) is 0 Å². The summed E-state index contributed by atoms with van der Waals surface area (Å²) < 4.78 is 26.8. The molecular formula is C5H2BrClFN. The molecule has 1 heterocycles. The molecule has 4 heteroatoms. The fourth-order valence-corrected chi connectivity index (χ4v) is 0.666. The highest BCUT2D eigenvalue weighted by atomic mass is 79.9. The Kier molecular flexibility index (Phi) is 1.35. The van der Waals surface area contributed by atoms with Gasteiger partial charge in [0.25, 0.3) is 0 Å². The number of aromatic nitrogens is 1. The summed E-state index contributed by atoms with van der Waals surface area (Å²) in [5.41, 5.74) is 0. The van der Waals surface area contributed by atoms with Crippen molar-refractivity contribution in [2.75, 3.05) is 0 Å². The topological polar surface area (TPSA) is 12.9 Å². The highest BCUT2D eigenvalue weighted by Gasteiger charge is 1.98. The van der Waals surface area contributed by atoms with E-state index in [1.54, 1.807) is 0 Å². The summed E-state index contributed by atoms with van der Waals surface area (Å²) in [5, 5.41) is -0.418. The zero-order chi connectivity index (χ0) is 8.59. The van der Waals surface area contributed by atoms with E-state index >= 15 is 0 Å². The van der Waals surface area contributed by atoms with Crippen molar-refractivity contribution in [2.45, 2.75) is 0 Å². The molecule has 0 amide bonds. The average molecular weight is 212 g/mol. The molecule has 0 radical (unpaired) electrons. The van der Waals surface area contributed by atoms with E-state index in [1.807, 2.05) is 0 Å². The molecule has 0 saturated heterocycles. The summed E-state index contributed by atoms with van der Waals surface area (Å²) in [6.45, 7) is 0. The van der Waals surface area contributed by atoms with E-state index in [4.69, 9.17) is 14.3 Å². The molecule has 0 atom stereocenters. The Labute approximate surface area is 67.8 Å². The first-order valence-corrected chi connectivity index (χ1v) is 3.19. The van der Waals surface area contributed by atoms with Crippen molar-refractivity contribution < 1.29 is 7.13 Å². The SMILES string of the molecule is [2H]c1c(Br)nc(F)c(Cl)c1[2H]. The minimum absolute atomic E-state index is 0.00981. The summed E-state index contributed by atoms with van der Waals surface area (Å²) in [6, 6.07) is -0.567. The molecule has 1 nitrogen and oxygen atoms in total. The van der Waals surface area contributed by atoms with Crippen molar-refractivity contribution in [1.82, 2.24) is 4.98 Å². The summed E-state index contributed by atoms with van der Waals surface area (Å²) in [4.78, 5) is 3.24. The van der Waals surface area contributed by atoms with Crippen LogP contribution in [0.15, 0.2) is 16.7 Å². The van der Waals surface area contributed by atoms with Gasteiger partial charge < -0.3 is 0 Å². The number of nitrogens with zero attached hydrogens (tertiary/aromatic N) is 1. The second-order valence-corrected chi connectivity index (χ2v) is 2.39. The van der Waals surface area contributed by atoms with Gasteiger partial charge in [0.15, 0.2) is 0 Å². The van der Waals surface area contributed by atoms with Gasteiger partial charge in [-0.1, -0.05) is 11.6 Å². The second kappa shape index (κ2) is 2.62. The van der Waals surface area contributed by atoms with Crippen LogP contribution in [0.3, 0.4) is 0 Å². The lowest BCUT2D eigenvalue weighted by molar-refractivity contribution is 0.581. The Morgan fingerprint density at radius 1 is 1.78 bits per heavy atom. The van der Waals surface area contributed by atoms with Crippen LogP contribution in [0.2, 0.25) is 5.02 Å². The summed E-state index contributed by atoms with van der Waals surface area (Å²) in [7, 11) is 0. The average Bonchev–Trinajstić information content (AvgIpc) is 1.97. The number of hydrogen-bond acceptors (Lipinski definition) is 1. The van der Waals surface area contributed by atoms with Crippen LogP contribution in [-0.4, -0.2) is 4.98 Å². The van der Waals surface area contributed by atoms with Crippen LogP contribution >= 0.6 is 27.5 Å². The largest absolute Gasteiger partial charge is 0.232 e. The van der Waals surface area contributed by atoms with Crippen molar-refractivity contribution in [2.24, 2.45) is 0 Å². The second-order valence-electron chi connectivity index (χ2n) is 1.26. The van der Waals surface area contributed by atoms with Gasteiger partial charge in [-0.2, -0.15) is 4.39 Å². The van der Waals surface area contributed by atoms with Crippen LogP contribution in [0.25, 0.3) is 0 Å². The first kappa shape index (κ1) is 4.63. The Hall–Kier alpha value is -0.150. The zero-order valence-corrected chi connectivity index (χ0v) is 6.42. The Morgan fingerprint density at radius 2 is 2.44 bits per heavy atom. The molecular weight excluding hydrogens is 208 g/mol. The number of pyridine rings is 1. The van der Waals surface area contributed by atoms with Crippen molar-refractivity contribution in [3.05, 3.63) is 27.7 Å². The molecule has 0 N–H and O–H groups in total. The van der Waals surface area contributed by atoms with Gasteiger partial charge >= 0.3 is 0 Å². The lowest BCUT2D eigenvalue weighted by atomic mass is 10.5. The van der Waals surface area contributed by atoms with Crippen LogP contribution in [0, 0.1) is 5.95 Å². The number of halogens is 3. The Bertz CT molecular complexity index is 281. The van der Waals surface area contributed by atoms with E-state index in [0.29, 0.717) is 0 Å². The van der Waals surface area contributed by atoms with E-state index in [0.717, 1.165) is 0 Å². The van der Waals surface area contributed by atoms with Gasteiger partial charge in [-0.15, -0.1) is 0 Å². The zero-order valence-electron chi connectivity index (χ0n) is 6.08.